The van der Waals surface area contributed by atoms with E-state index in [-0.39, 0.29) is 0 Å². The summed E-state index contributed by atoms with van der Waals surface area (Å²) in [5.41, 5.74) is 9.21. The summed E-state index contributed by atoms with van der Waals surface area (Å²) in [7, 11) is 0. The summed E-state index contributed by atoms with van der Waals surface area (Å²) in [5, 5.41) is 5.38. The Balaban J connectivity index is 1.61. The minimum atomic E-state index is 0.352. The molecule has 0 spiro atoms. The molecule has 4 rings (SSSR count). The van der Waals surface area contributed by atoms with Gasteiger partial charge in [0.25, 0.3) is 0 Å². The Morgan fingerprint density at radius 2 is 1.96 bits per heavy atom. The monoisotopic (exact) mass is 340 g/mol. The highest BCUT2D eigenvalue weighted by atomic mass is 35.5. The molecule has 0 radical (unpaired) electrons. The third-order valence-corrected chi connectivity index (χ3v) is 5.14. The van der Waals surface area contributed by atoms with Crippen molar-refractivity contribution in [3.8, 4) is 11.1 Å². The average molecular weight is 341 g/mol. The molecule has 0 saturated heterocycles. The standard InChI is InChI=1S/C19H21ClN4/c20-17-11-23-19(24-15-4-2-14(21)3-5-15)10-16(17)12-1-6-18-13(9-12)7-8-22-18/h1,6-11,14-15,22H,2-5,21H2,(H,23,24). The van der Waals surface area contributed by atoms with Gasteiger partial charge in [-0.3, -0.25) is 0 Å². The molecule has 4 N–H and O–H groups in total. The van der Waals surface area contributed by atoms with E-state index in [1.54, 1.807) is 6.20 Å². The zero-order valence-electron chi connectivity index (χ0n) is 13.4. The molecule has 0 unspecified atom stereocenters. The van der Waals surface area contributed by atoms with Gasteiger partial charge in [-0.05, 0) is 60.9 Å². The minimum Gasteiger partial charge on any atom is -0.367 e. The van der Waals surface area contributed by atoms with Gasteiger partial charge in [-0.25, -0.2) is 4.98 Å². The number of benzene rings is 1. The van der Waals surface area contributed by atoms with Crippen molar-refractivity contribution in [1.82, 2.24) is 9.97 Å². The highest BCUT2D eigenvalue weighted by Crippen LogP contribution is 2.32. The van der Waals surface area contributed by atoms with Gasteiger partial charge < -0.3 is 16.0 Å². The molecule has 0 atom stereocenters. The SMILES string of the molecule is NC1CCC(Nc2cc(-c3ccc4[nH]ccc4c3)c(Cl)cn2)CC1. The third-order valence-electron chi connectivity index (χ3n) is 4.84. The first-order chi connectivity index (χ1) is 11.7. The number of pyridine rings is 1. The summed E-state index contributed by atoms with van der Waals surface area (Å²) in [6, 6.07) is 11.2. The van der Waals surface area contributed by atoms with Crippen molar-refractivity contribution in [1.29, 1.82) is 0 Å². The highest BCUT2D eigenvalue weighted by Gasteiger charge is 2.19. The maximum atomic E-state index is 6.40. The van der Waals surface area contributed by atoms with Crippen LogP contribution in [-0.2, 0) is 0 Å². The highest BCUT2D eigenvalue weighted by molar-refractivity contribution is 6.33. The van der Waals surface area contributed by atoms with Crippen molar-refractivity contribution >= 4 is 28.3 Å². The molecular formula is C19H21ClN4. The molecule has 4 nitrogen and oxygen atoms in total. The van der Waals surface area contributed by atoms with E-state index < -0.39 is 0 Å². The maximum Gasteiger partial charge on any atom is 0.126 e. The first kappa shape index (κ1) is 15.5. The van der Waals surface area contributed by atoms with Crippen LogP contribution in [0.4, 0.5) is 5.82 Å². The summed E-state index contributed by atoms with van der Waals surface area (Å²) in [6.07, 6.45) is 8.01. The Morgan fingerprint density at radius 3 is 2.79 bits per heavy atom. The summed E-state index contributed by atoms with van der Waals surface area (Å²) in [4.78, 5) is 7.66. The molecule has 124 valence electrons. The van der Waals surface area contributed by atoms with Gasteiger partial charge in [0.2, 0.25) is 0 Å². The molecule has 1 aliphatic rings. The van der Waals surface area contributed by atoms with E-state index in [0.29, 0.717) is 17.1 Å². The Hall–Kier alpha value is -2.04. The van der Waals surface area contributed by atoms with Gasteiger partial charge in [0.05, 0.1) is 5.02 Å². The van der Waals surface area contributed by atoms with Crippen molar-refractivity contribution < 1.29 is 0 Å². The second-order valence-electron chi connectivity index (χ2n) is 6.59. The second kappa shape index (κ2) is 6.46. The number of nitrogens with two attached hydrogens (primary N) is 1. The number of hydrogen-bond donors (Lipinski definition) is 3. The van der Waals surface area contributed by atoms with Crippen LogP contribution in [0.25, 0.3) is 22.0 Å². The van der Waals surface area contributed by atoms with E-state index in [0.717, 1.165) is 48.1 Å². The predicted molar refractivity (Wildman–Crippen MR) is 100 cm³/mol. The van der Waals surface area contributed by atoms with Gasteiger partial charge in [-0.1, -0.05) is 17.7 Å². The second-order valence-corrected chi connectivity index (χ2v) is 6.99. The maximum absolute atomic E-state index is 6.40. The van der Waals surface area contributed by atoms with Crippen molar-refractivity contribution in [2.75, 3.05) is 5.32 Å². The van der Waals surface area contributed by atoms with Gasteiger partial charge >= 0.3 is 0 Å². The fourth-order valence-electron chi connectivity index (χ4n) is 3.43. The van der Waals surface area contributed by atoms with Crippen molar-refractivity contribution in [3.05, 3.63) is 47.7 Å². The van der Waals surface area contributed by atoms with Gasteiger partial charge in [0.15, 0.2) is 0 Å². The fourth-order valence-corrected chi connectivity index (χ4v) is 3.64. The van der Waals surface area contributed by atoms with Crippen LogP contribution in [0.15, 0.2) is 42.7 Å². The number of nitrogens with one attached hydrogen (secondary N) is 2. The molecular weight excluding hydrogens is 320 g/mol. The molecule has 1 fully saturated rings. The zero-order chi connectivity index (χ0) is 16.5. The number of anilines is 1. The van der Waals surface area contributed by atoms with E-state index in [4.69, 9.17) is 17.3 Å². The lowest BCUT2D eigenvalue weighted by Gasteiger charge is -2.27. The van der Waals surface area contributed by atoms with Crippen LogP contribution in [0.1, 0.15) is 25.7 Å². The predicted octanol–water partition coefficient (Wildman–Crippen LogP) is 4.57. The molecule has 2 aromatic heterocycles. The Morgan fingerprint density at radius 1 is 1.12 bits per heavy atom. The normalized spacial score (nSPS) is 21.1. The van der Waals surface area contributed by atoms with E-state index in [1.807, 2.05) is 12.3 Å². The van der Waals surface area contributed by atoms with Crippen LogP contribution in [-0.4, -0.2) is 22.1 Å². The van der Waals surface area contributed by atoms with E-state index in [9.17, 15) is 0 Å². The van der Waals surface area contributed by atoms with Crippen LogP contribution in [0.3, 0.4) is 0 Å². The molecule has 5 heteroatoms. The van der Waals surface area contributed by atoms with Crippen LogP contribution < -0.4 is 11.1 Å². The number of hydrogen-bond acceptors (Lipinski definition) is 3. The molecule has 0 bridgehead atoms. The molecule has 2 heterocycles. The summed E-state index contributed by atoms with van der Waals surface area (Å²) >= 11 is 6.40. The van der Waals surface area contributed by atoms with Gasteiger partial charge in [0.1, 0.15) is 5.82 Å². The molecule has 0 aliphatic heterocycles. The van der Waals surface area contributed by atoms with Crippen molar-refractivity contribution in [2.24, 2.45) is 5.73 Å². The molecule has 1 aromatic carbocycles. The van der Waals surface area contributed by atoms with Crippen molar-refractivity contribution in [2.45, 2.75) is 37.8 Å². The Labute approximate surface area is 146 Å². The van der Waals surface area contributed by atoms with Crippen LogP contribution >= 0.6 is 11.6 Å². The van der Waals surface area contributed by atoms with Gasteiger partial charge in [-0.15, -0.1) is 0 Å². The van der Waals surface area contributed by atoms with Gasteiger partial charge in [0, 0.05) is 35.6 Å². The first-order valence-electron chi connectivity index (χ1n) is 8.44. The van der Waals surface area contributed by atoms with E-state index >= 15 is 0 Å². The number of nitrogens with zero attached hydrogens (tertiary/aromatic N) is 1. The third kappa shape index (κ3) is 3.12. The molecule has 3 aromatic rings. The first-order valence-corrected chi connectivity index (χ1v) is 8.82. The quantitative estimate of drug-likeness (QED) is 0.654. The largest absolute Gasteiger partial charge is 0.367 e. The number of aromatic amines is 1. The fraction of sp³-hybridized carbons (Fsp3) is 0.316. The molecule has 24 heavy (non-hydrogen) atoms. The van der Waals surface area contributed by atoms with Gasteiger partial charge in [-0.2, -0.15) is 0 Å². The lowest BCUT2D eigenvalue weighted by Crippen LogP contribution is -2.33. The van der Waals surface area contributed by atoms with Crippen molar-refractivity contribution in [3.63, 3.8) is 0 Å². The lowest BCUT2D eigenvalue weighted by atomic mass is 9.92. The Bertz CT molecular complexity index is 849. The van der Waals surface area contributed by atoms with Crippen LogP contribution in [0.5, 0.6) is 0 Å². The van der Waals surface area contributed by atoms with E-state index in [2.05, 4.69) is 39.6 Å². The molecule has 1 aliphatic carbocycles. The molecule has 0 amide bonds. The summed E-state index contributed by atoms with van der Waals surface area (Å²) in [5.74, 6) is 0.879. The van der Waals surface area contributed by atoms with E-state index in [1.165, 1.54) is 5.39 Å². The zero-order valence-corrected chi connectivity index (χ0v) is 14.2. The number of fused-ring (bicyclic) bond motifs is 1. The minimum absolute atomic E-state index is 0.352. The average Bonchev–Trinajstić information content (AvgIpc) is 3.06. The summed E-state index contributed by atoms with van der Waals surface area (Å²) < 4.78 is 0. The van der Waals surface area contributed by atoms with Crippen LogP contribution in [0, 0.1) is 0 Å². The molecule has 1 saturated carbocycles. The summed E-state index contributed by atoms with van der Waals surface area (Å²) in [6.45, 7) is 0. The Kier molecular flexibility index (Phi) is 4.17. The topological polar surface area (TPSA) is 66.7 Å². The number of H-pyrrole nitrogens is 1. The lowest BCUT2D eigenvalue weighted by molar-refractivity contribution is 0.410. The number of rotatable bonds is 3. The van der Waals surface area contributed by atoms with Crippen LogP contribution in [0.2, 0.25) is 5.02 Å². The number of halogens is 1. The number of aromatic nitrogens is 2. The smallest absolute Gasteiger partial charge is 0.126 e.